The summed E-state index contributed by atoms with van der Waals surface area (Å²) in [6.07, 6.45) is 0. The number of hydrogen-bond acceptors (Lipinski definition) is 1. The van der Waals surface area contributed by atoms with Crippen LogP contribution in [0.2, 0.25) is 0 Å². The van der Waals surface area contributed by atoms with Crippen LogP contribution in [0.15, 0.2) is 97.1 Å². The van der Waals surface area contributed by atoms with E-state index in [1.807, 2.05) is 0 Å². The highest BCUT2D eigenvalue weighted by molar-refractivity contribution is 7.16. The van der Waals surface area contributed by atoms with E-state index in [0.29, 0.717) is 0 Å². The molecular weight excluding hydrogens is 880 g/mol. The Hall–Kier alpha value is -4.62. The third-order valence-corrected chi connectivity index (χ3v) is 14.8. The Kier molecular flexibility index (Phi) is 14.7. The first-order valence-corrected chi connectivity index (χ1v) is 26.9. The van der Waals surface area contributed by atoms with Gasteiger partial charge in [0.2, 0.25) is 0 Å². The average molecular weight is 969 g/mol. The van der Waals surface area contributed by atoms with Crippen LogP contribution in [0.4, 0.5) is 0 Å². The van der Waals surface area contributed by atoms with Crippen LogP contribution < -0.4 is 0 Å². The molecule has 0 aliphatic heterocycles. The molecule has 1 aliphatic carbocycles. The van der Waals surface area contributed by atoms with Crippen LogP contribution in [0.3, 0.4) is 0 Å². The Labute approximate surface area is 433 Å². The molecule has 0 saturated heterocycles. The fourth-order valence-electron chi connectivity index (χ4n) is 10.6. The van der Waals surface area contributed by atoms with Crippen LogP contribution in [0.1, 0.15) is 211 Å². The van der Waals surface area contributed by atoms with Crippen molar-refractivity contribution in [2.75, 3.05) is 0 Å². The third-order valence-electron chi connectivity index (χ3n) is 14.8. The van der Waals surface area contributed by atoms with Crippen LogP contribution in [0, 0.1) is 0 Å². The summed E-state index contributed by atoms with van der Waals surface area (Å²) in [4.78, 5) is 6.99. The minimum absolute atomic E-state index is 0.00475. The van der Waals surface area contributed by atoms with Crippen molar-refractivity contribution in [1.29, 1.82) is 0 Å². The van der Waals surface area contributed by atoms with Crippen LogP contribution in [0.25, 0.3) is 66.8 Å². The molecule has 378 valence electrons. The smallest absolute Gasteiger partial charge is 0.310 e. The first-order valence-electron chi connectivity index (χ1n) is 26.2. The molecule has 0 saturated carbocycles. The molecule has 0 fully saturated rings. The molecule has 0 bridgehead atoms. The summed E-state index contributed by atoms with van der Waals surface area (Å²) < 4.78 is 8.46. The standard InChI is InChI=1S/C68H88.HO2P/c1-61(2,3)41-29-33-47(51(37-41)65(13,14)15)57-55-45-27-25-26-28-46(45)56(55)58(48-34-30-42(62(4,5)6)38-52(48)66(16,17)18)60(50-36-32-44(64(10,11)12)40-54(50)68(22,23)24)59(57)49-35-31-43(63(7,8)9)39-53(49)67(19,20)21;1-3-2/h25-40H,1-24H3;(H,1,2). The van der Waals surface area contributed by atoms with Gasteiger partial charge in [0.15, 0.2) is 0 Å². The lowest BCUT2D eigenvalue weighted by Crippen LogP contribution is -2.21. The molecule has 0 atom stereocenters. The van der Waals surface area contributed by atoms with Gasteiger partial charge in [-0.1, -0.05) is 263 Å². The first kappa shape index (κ1) is 55.7. The zero-order valence-electron chi connectivity index (χ0n) is 48.5. The number of benzene rings is 6. The summed E-state index contributed by atoms with van der Waals surface area (Å²) in [7, 11) is -0.833. The van der Waals surface area contributed by atoms with Gasteiger partial charge < -0.3 is 4.89 Å². The predicted molar refractivity (Wildman–Crippen MR) is 312 cm³/mol. The van der Waals surface area contributed by atoms with E-state index in [-0.39, 0.29) is 43.3 Å². The monoisotopic (exact) mass is 969 g/mol. The summed E-state index contributed by atoms with van der Waals surface area (Å²) in [5.41, 5.74) is 26.6. The summed E-state index contributed by atoms with van der Waals surface area (Å²) in [6, 6.07) is 39.4. The van der Waals surface area contributed by atoms with Crippen molar-refractivity contribution in [2.45, 2.75) is 209 Å². The van der Waals surface area contributed by atoms with Gasteiger partial charge in [-0.15, -0.1) is 0 Å². The molecule has 6 aromatic rings. The largest absolute Gasteiger partial charge is 0.324 e. The summed E-state index contributed by atoms with van der Waals surface area (Å²) in [5.74, 6) is 0. The van der Waals surface area contributed by atoms with Gasteiger partial charge in [-0.3, -0.25) is 0 Å². The Morgan fingerprint density at radius 3 is 0.592 bits per heavy atom. The predicted octanol–water partition coefficient (Wildman–Crippen LogP) is 20.6. The average Bonchev–Trinajstić information content (AvgIpc) is 3.21. The zero-order chi connectivity index (χ0) is 53.6. The second-order valence-corrected chi connectivity index (χ2v) is 29.1. The van der Waals surface area contributed by atoms with Gasteiger partial charge in [0, 0.05) is 0 Å². The summed E-state index contributed by atoms with van der Waals surface area (Å²) in [6.45, 7) is 57.4. The third kappa shape index (κ3) is 11.0. The van der Waals surface area contributed by atoms with Gasteiger partial charge in [-0.25, -0.2) is 4.57 Å². The van der Waals surface area contributed by atoms with E-state index in [2.05, 4.69) is 263 Å². The van der Waals surface area contributed by atoms with E-state index in [4.69, 9.17) is 9.46 Å². The van der Waals surface area contributed by atoms with Crippen molar-refractivity contribution in [3.05, 3.63) is 142 Å². The van der Waals surface area contributed by atoms with E-state index in [9.17, 15) is 0 Å². The first-order chi connectivity index (χ1) is 32.2. The minimum Gasteiger partial charge on any atom is -0.310 e. The molecule has 0 aromatic heterocycles. The SMILES string of the molecule is CC(C)(C)c1ccc(-c2c3c(c(-c4ccc(C(C)(C)C)cc4C(C)(C)C)c(-c4ccc(C(C)(C)C)cc4C(C)(C)C)c2-c2ccc(C(C)(C)C)cc2C(C)(C)C)-c2ccccc2-3)c(C(C)(C)C)c1.O=PO. The highest BCUT2D eigenvalue weighted by Crippen LogP contribution is 2.65. The number of fused-ring (bicyclic) bond motifs is 4. The molecule has 2 nitrogen and oxygen atoms in total. The maximum absolute atomic E-state index is 8.46. The molecule has 71 heavy (non-hydrogen) atoms. The van der Waals surface area contributed by atoms with Crippen molar-refractivity contribution in [2.24, 2.45) is 0 Å². The normalized spacial score (nSPS) is 13.6. The molecule has 0 unspecified atom stereocenters. The van der Waals surface area contributed by atoms with Gasteiger partial charge in [-0.05, 0) is 155 Å². The maximum atomic E-state index is 8.46. The number of rotatable bonds is 4. The van der Waals surface area contributed by atoms with Crippen molar-refractivity contribution in [1.82, 2.24) is 0 Å². The molecule has 1 N–H and O–H groups in total. The van der Waals surface area contributed by atoms with Gasteiger partial charge in [0.05, 0.1) is 0 Å². The summed E-state index contributed by atoms with van der Waals surface area (Å²) in [5, 5.41) is 0. The molecule has 0 spiro atoms. The van der Waals surface area contributed by atoms with Gasteiger partial charge in [-0.2, -0.15) is 0 Å². The maximum Gasteiger partial charge on any atom is 0.324 e. The van der Waals surface area contributed by atoms with Crippen LogP contribution in [-0.2, 0) is 47.9 Å². The van der Waals surface area contributed by atoms with E-state index >= 15 is 0 Å². The van der Waals surface area contributed by atoms with Crippen LogP contribution in [0.5, 0.6) is 0 Å². The molecule has 0 heterocycles. The van der Waals surface area contributed by atoms with E-state index in [1.165, 1.54) is 111 Å². The second-order valence-electron chi connectivity index (χ2n) is 28.9. The van der Waals surface area contributed by atoms with Crippen LogP contribution >= 0.6 is 8.69 Å². The van der Waals surface area contributed by atoms with E-state index < -0.39 is 8.69 Å². The molecule has 7 rings (SSSR count). The van der Waals surface area contributed by atoms with Gasteiger partial charge >= 0.3 is 8.69 Å². The summed E-state index contributed by atoms with van der Waals surface area (Å²) >= 11 is 0. The molecule has 3 heteroatoms. The van der Waals surface area contributed by atoms with Crippen LogP contribution in [-0.4, -0.2) is 4.89 Å². The fourth-order valence-corrected chi connectivity index (χ4v) is 10.6. The van der Waals surface area contributed by atoms with E-state index in [1.54, 1.807) is 0 Å². The topological polar surface area (TPSA) is 37.3 Å². The minimum atomic E-state index is -0.833. The quantitative estimate of drug-likeness (QED) is 0.179. The van der Waals surface area contributed by atoms with E-state index in [0.717, 1.165) is 0 Å². The Morgan fingerprint density at radius 1 is 0.268 bits per heavy atom. The number of hydrogen-bond donors (Lipinski definition) is 1. The van der Waals surface area contributed by atoms with Gasteiger partial charge in [0.1, 0.15) is 0 Å². The molecule has 6 aromatic carbocycles. The lowest BCUT2D eigenvalue weighted by Gasteiger charge is -2.40. The highest BCUT2D eigenvalue weighted by atomic mass is 31.1. The van der Waals surface area contributed by atoms with Crippen molar-refractivity contribution >= 4 is 8.69 Å². The van der Waals surface area contributed by atoms with Crippen molar-refractivity contribution < 1.29 is 9.46 Å². The zero-order valence-corrected chi connectivity index (χ0v) is 49.4. The van der Waals surface area contributed by atoms with Crippen molar-refractivity contribution in [3.63, 3.8) is 0 Å². The van der Waals surface area contributed by atoms with Crippen molar-refractivity contribution in [3.8, 4) is 66.8 Å². The molecular formula is C68H89O2P. The Balaban J connectivity index is 0.00000268. The second kappa shape index (κ2) is 18.7. The lowest BCUT2D eigenvalue weighted by atomic mass is 9.63. The molecule has 1 aliphatic rings. The highest BCUT2D eigenvalue weighted by Gasteiger charge is 2.41. The Bertz CT molecular complexity index is 2790. The fraction of sp³-hybridized carbons (Fsp3) is 0.471. The molecule has 0 amide bonds. The Morgan fingerprint density at radius 2 is 0.437 bits per heavy atom. The van der Waals surface area contributed by atoms with Gasteiger partial charge in [0.25, 0.3) is 0 Å². The molecule has 0 radical (unpaired) electrons. The lowest BCUT2D eigenvalue weighted by molar-refractivity contribution is 0.524.